The quantitative estimate of drug-likeness (QED) is 0.274. The van der Waals surface area contributed by atoms with Crippen LogP contribution < -0.4 is 19.6 Å². The van der Waals surface area contributed by atoms with E-state index in [4.69, 9.17) is 18.4 Å². The van der Waals surface area contributed by atoms with E-state index in [1.165, 1.54) is 17.7 Å². The minimum absolute atomic E-state index is 0.0365. The van der Waals surface area contributed by atoms with E-state index in [1.807, 2.05) is 24.3 Å². The first-order valence-electron chi connectivity index (χ1n) is 12.8. The third-order valence-corrected chi connectivity index (χ3v) is 6.67. The number of carbonyl (C=O) groups is 2. The molecule has 0 spiro atoms. The monoisotopic (exact) mass is 573 g/mol. The number of nitrogens with zero attached hydrogens (tertiary/aromatic N) is 1. The molecule has 1 aromatic heterocycles. The highest BCUT2D eigenvalue weighted by atomic mass is 32.2. The van der Waals surface area contributed by atoms with E-state index in [0.29, 0.717) is 35.5 Å². The van der Waals surface area contributed by atoms with Crippen molar-refractivity contribution in [3.8, 4) is 22.8 Å². The Labute approximate surface area is 233 Å². The van der Waals surface area contributed by atoms with Gasteiger partial charge in [-0.05, 0) is 63.6 Å². The number of fused-ring (bicyclic) bond motifs is 2. The van der Waals surface area contributed by atoms with Crippen LogP contribution in [0.1, 0.15) is 48.7 Å². The van der Waals surface area contributed by atoms with Crippen LogP contribution in [0.2, 0.25) is 0 Å². The fourth-order valence-corrected chi connectivity index (χ4v) is 5.11. The Bertz CT molecular complexity index is 1550. The van der Waals surface area contributed by atoms with Crippen molar-refractivity contribution in [3.05, 3.63) is 47.0 Å². The normalized spacial score (nSPS) is 13.3. The zero-order chi connectivity index (χ0) is 29.2. The Balaban J connectivity index is 1.90. The molecule has 3 aromatic rings. The molecular formula is C28H35N3O8S. The first kappa shape index (κ1) is 29.4. The van der Waals surface area contributed by atoms with Gasteiger partial charge in [-0.2, -0.15) is 8.42 Å². The number of aromatic nitrogens is 1. The van der Waals surface area contributed by atoms with E-state index in [2.05, 4.69) is 10.6 Å². The molecule has 0 fully saturated rings. The van der Waals surface area contributed by atoms with Gasteiger partial charge in [-0.25, -0.2) is 9.36 Å². The van der Waals surface area contributed by atoms with E-state index in [1.54, 1.807) is 27.9 Å². The maximum Gasteiger partial charge on any atom is 0.419 e. The summed E-state index contributed by atoms with van der Waals surface area (Å²) in [6.07, 6.45) is 1.18. The molecule has 1 aliphatic rings. The van der Waals surface area contributed by atoms with Crippen molar-refractivity contribution in [2.24, 2.45) is 0 Å². The average Bonchev–Trinajstić information content (AvgIpc) is 3.43. The summed E-state index contributed by atoms with van der Waals surface area (Å²) in [6.45, 7) is 7.44. The molecule has 0 bridgehead atoms. The van der Waals surface area contributed by atoms with Gasteiger partial charge in [0.25, 0.3) is 5.91 Å². The molecule has 0 radical (unpaired) electrons. The lowest BCUT2D eigenvalue weighted by molar-refractivity contribution is 0.0546. The molecule has 2 heterocycles. The molecule has 0 unspecified atom stereocenters. The maximum absolute atomic E-state index is 13.6. The summed E-state index contributed by atoms with van der Waals surface area (Å²) in [5, 5.41) is 6.87. The first-order valence-corrected chi connectivity index (χ1v) is 14.6. The van der Waals surface area contributed by atoms with Crippen molar-refractivity contribution in [1.29, 1.82) is 0 Å². The second-order valence-electron chi connectivity index (χ2n) is 10.5. The second kappa shape index (κ2) is 11.5. The summed E-state index contributed by atoms with van der Waals surface area (Å²) < 4.78 is 47.0. The number of rotatable bonds is 10. The van der Waals surface area contributed by atoms with Crippen LogP contribution in [0.4, 0.5) is 4.79 Å². The van der Waals surface area contributed by atoms with Crippen molar-refractivity contribution in [3.63, 3.8) is 0 Å². The van der Waals surface area contributed by atoms with Crippen LogP contribution in [0.5, 0.6) is 11.5 Å². The topological polar surface area (TPSA) is 134 Å². The predicted molar refractivity (Wildman–Crippen MR) is 150 cm³/mol. The smallest absolute Gasteiger partial charge is 0.419 e. The molecule has 216 valence electrons. The molecule has 12 heteroatoms. The van der Waals surface area contributed by atoms with E-state index in [-0.39, 0.29) is 23.6 Å². The van der Waals surface area contributed by atoms with Crippen LogP contribution in [0.15, 0.2) is 30.3 Å². The summed E-state index contributed by atoms with van der Waals surface area (Å²) in [5.41, 5.74) is 2.13. The molecule has 1 amide bonds. The number of nitrogens with one attached hydrogen (secondary N) is 2. The molecule has 40 heavy (non-hydrogen) atoms. The first-order chi connectivity index (χ1) is 18.8. The number of hydrogen-bond donors (Lipinski definition) is 2. The largest absolute Gasteiger partial charge is 0.493 e. The van der Waals surface area contributed by atoms with Crippen molar-refractivity contribution in [2.75, 3.05) is 33.6 Å². The average molecular weight is 574 g/mol. The van der Waals surface area contributed by atoms with Crippen LogP contribution in [-0.4, -0.2) is 64.2 Å². The maximum atomic E-state index is 13.6. The fourth-order valence-electron chi connectivity index (χ4n) is 4.63. The molecule has 0 atom stereocenters. The summed E-state index contributed by atoms with van der Waals surface area (Å²) in [6, 6.07) is 9.06. The molecule has 1 aliphatic heterocycles. The van der Waals surface area contributed by atoms with Gasteiger partial charge < -0.3 is 29.0 Å². The third kappa shape index (κ3) is 6.40. The number of benzene rings is 2. The summed E-state index contributed by atoms with van der Waals surface area (Å²) in [4.78, 5) is 26.6. The van der Waals surface area contributed by atoms with Gasteiger partial charge in [-0.3, -0.25) is 4.79 Å². The minimum Gasteiger partial charge on any atom is -0.493 e. The standard InChI is InChI=1S/C28H35N3O8S/c1-28(2,3)38-27(33)31-21-9-8-17(15-29-10-7-11-36-4)12-18(21)13-22(31)19-14-23(37-5)25(39-40(6,34)35)20-16-30-26(32)24(19)20/h8-9,12-14,29H,7,10-11,15-16H2,1-6H3,(H,30,32). The highest BCUT2D eigenvalue weighted by Crippen LogP contribution is 2.44. The fraction of sp³-hybridized carbons (Fsp3) is 0.429. The number of hydrogen-bond acceptors (Lipinski definition) is 9. The van der Waals surface area contributed by atoms with Gasteiger partial charge in [-0.1, -0.05) is 6.07 Å². The van der Waals surface area contributed by atoms with Crippen molar-refractivity contribution >= 4 is 33.0 Å². The molecule has 11 nitrogen and oxygen atoms in total. The van der Waals surface area contributed by atoms with E-state index in [0.717, 1.165) is 30.2 Å². The summed E-state index contributed by atoms with van der Waals surface area (Å²) in [5.74, 6) is -0.380. The second-order valence-corrected chi connectivity index (χ2v) is 12.1. The molecule has 0 aliphatic carbocycles. The van der Waals surface area contributed by atoms with Gasteiger partial charge in [0.1, 0.15) is 5.60 Å². The van der Waals surface area contributed by atoms with Crippen LogP contribution in [-0.2, 0) is 32.7 Å². The minimum atomic E-state index is -3.92. The molecular weight excluding hydrogens is 538 g/mol. The van der Waals surface area contributed by atoms with Crippen molar-refractivity contribution < 1.29 is 36.4 Å². The molecule has 4 rings (SSSR count). The lowest BCUT2D eigenvalue weighted by atomic mass is 9.98. The highest BCUT2D eigenvalue weighted by molar-refractivity contribution is 7.86. The number of carbonyl (C=O) groups excluding carboxylic acids is 2. The van der Waals surface area contributed by atoms with Gasteiger partial charge in [0, 0.05) is 43.3 Å². The highest BCUT2D eigenvalue weighted by Gasteiger charge is 2.34. The summed E-state index contributed by atoms with van der Waals surface area (Å²) in [7, 11) is -0.874. The molecule has 2 N–H and O–H groups in total. The zero-order valence-corrected chi connectivity index (χ0v) is 24.4. The van der Waals surface area contributed by atoms with E-state index >= 15 is 0 Å². The molecule has 0 saturated heterocycles. The Kier molecular flexibility index (Phi) is 8.43. The zero-order valence-electron chi connectivity index (χ0n) is 23.5. The van der Waals surface area contributed by atoms with Crippen LogP contribution >= 0.6 is 0 Å². The number of methoxy groups -OCH3 is 2. The van der Waals surface area contributed by atoms with Gasteiger partial charge in [-0.15, -0.1) is 0 Å². The van der Waals surface area contributed by atoms with Crippen LogP contribution in [0.3, 0.4) is 0 Å². The summed E-state index contributed by atoms with van der Waals surface area (Å²) >= 11 is 0. The predicted octanol–water partition coefficient (Wildman–Crippen LogP) is 3.81. The van der Waals surface area contributed by atoms with E-state index in [9.17, 15) is 18.0 Å². The van der Waals surface area contributed by atoms with Gasteiger partial charge in [0.05, 0.1) is 30.1 Å². The molecule has 2 aromatic carbocycles. The SMILES string of the molecule is COCCCNCc1ccc2c(c1)cc(-c1cc(OC)c(OS(C)(=O)=O)c3c1C(=O)NC3)n2C(=O)OC(C)(C)C. The molecule has 0 saturated carbocycles. The third-order valence-electron chi connectivity index (χ3n) is 6.20. The Hall–Kier alpha value is -3.61. The Morgan fingerprint density at radius 3 is 2.55 bits per heavy atom. The number of amides is 1. The van der Waals surface area contributed by atoms with Crippen LogP contribution in [0, 0.1) is 0 Å². The number of ether oxygens (including phenoxy) is 3. The lowest BCUT2D eigenvalue weighted by Gasteiger charge is -2.22. The van der Waals surface area contributed by atoms with Gasteiger partial charge in [0.2, 0.25) is 0 Å². The van der Waals surface area contributed by atoms with E-state index < -0.39 is 27.7 Å². The van der Waals surface area contributed by atoms with Gasteiger partial charge in [0.15, 0.2) is 11.5 Å². The lowest BCUT2D eigenvalue weighted by Crippen LogP contribution is -2.27. The van der Waals surface area contributed by atoms with Crippen LogP contribution in [0.25, 0.3) is 22.2 Å². The Morgan fingerprint density at radius 1 is 1.15 bits per heavy atom. The van der Waals surface area contributed by atoms with Crippen molar-refractivity contribution in [1.82, 2.24) is 15.2 Å². The van der Waals surface area contributed by atoms with Gasteiger partial charge >= 0.3 is 16.2 Å². The Morgan fingerprint density at radius 2 is 1.90 bits per heavy atom. The van der Waals surface area contributed by atoms with Crippen molar-refractivity contribution in [2.45, 2.75) is 45.9 Å².